The summed E-state index contributed by atoms with van der Waals surface area (Å²) in [5, 5.41) is 0.318. The Morgan fingerprint density at radius 3 is 2.82 bits per heavy atom. The Balaban J connectivity index is 2.44. The van der Waals surface area contributed by atoms with E-state index >= 15 is 0 Å². The average molecular weight is 317 g/mol. The fraction of sp³-hybridized carbons (Fsp3) is 0.0909. The van der Waals surface area contributed by atoms with E-state index in [2.05, 4.69) is 25.9 Å². The van der Waals surface area contributed by atoms with E-state index in [1.807, 2.05) is 0 Å². The maximum atomic E-state index is 13.1. The maximum Gasteiger partial charge on any atom is 0.152 e. The second kappa shape index (κ2) is 4.98. The third-order valence-corrected chi connectivity index (χ3v) is 3.49. The van der Waals surface area contributed by atoms with E-state index in [9.17, 15) is 4.39 Å². The number of hydrogen-bond donors (Lipinski definition) is 0. The van der Waals surface area contributed by atoms with Gasteiger partial charge in [0, 0.05) is 12.7 Å². The molecule has 0 spiro atoms. The molecule has 0 aliphatic rings. The number of rotatable bonds is 2. The van der Waals surface area contributed by atoms with Crippen LogP contribution in [0.5, 0.6) is 0 Å². The van der Waals surface area contributed by atoms with E-state index in [4.69, 9.17) is 11.6 Å². The van der Waals surface area contributed by atoms with Crippen LogP contribution in [0.4, 0.5) is 15.9 Å². The average Bonchev–Trinajstić information content (AvgIpc) is 2.32. The van der Waals surface area contributed by atoms with E-state index < -0.39 is 0 Å². The molecule has 0 amide bonds. The molecule has 2 rings (SSSR count). The zero-order valence-corrected chi connectivity index (χ0v) is 11.2. The van der Waals surface area contributed by atoms with Crippen molar-refractivity contribution in [1.29, 1.82) is 0 Å². The van der Waals surface area contributed by atoms with Gasteiger partial charge in [-0.3, -0.25) is 0 Å². The maximum absolute atomic E-state index is 13.1. The number of anilines is 2. The predicted molar refractivity (Wildman–Crippen MR) is 69.2 cm³/mol. The zero-order chi connectivity index (χ0) is 12.4. The molecule has 0 saturated carbocycles. The number of aromatic nitrogens is 2. The molecule has 0 saturated heterocycles. The van der Waals surface area contributed by atoms with Crippen LogP contribution < -0.4 is 4.90 Å². The van der Waals surface area contributed by atoms with Gasteiger partial charge in [0.2, 0.25) is 0 Å². The van der Waals surface area contributed by atoms with Crippen LogP contribution in [0.1, 0.15) is 0 Å². The zero-order valence-electron chi connectivity index (χ0n) is 8.86. The first kappa shape index (κ1) is 12.3. The van der Waals surface area contributed by atoms with Crippen LogP contribution in [0.3, 0.4) is 0 Å². The van der Waals surface area contributed by atoms with Crippen molar-refractivity contribution in [2.75, 3.05) is 11.9 Å². The molecule has 1 aromatic carbocycles. The molecule has 17 heavy (non-hydrogen) atoms. The van der Waals surface area contributed by atoms with Gasteiger partial charge in [0.25, 0.3) is 0 Å². The molecular weight excluding hydrogens is 308 g/mol. The largest absolute Gasteiger partial charge is 0.328 e. The summed E-state index contributed by atoms with van der Waals surface area (Å²) in [6, 6.07) is 6.23. The third kappa shape index (κ3) is 2.56. The van der Waals surface area contributed by atoms with E-state index in [0.29, 0.717) is 21.1 Å². The molecule has 0 aliphatic carbocycles. The lowest BCUT2D eigenvalue weighted by Gasteiger charge is -2.19. The van der Waals surface area contributed by atoms with Gasteiger partial charge < -0.3 is 4.90 Å². The van der Waals surface area contributed by atoms with Crippen molar-refractivity contribution >= 4 is 39.0 Å². The SMILES string of the molecule is CN(c1cccc(F)c1)c1ncnc(Cl)c1Br. The van der Waals surface area contributed by atoms with Crippen LogP contribution in [-0.2, 0) is 0 Å². The van der Waals surface area contributed by atoms with Gasteiger partial charge in [0.05, 0.1) is 4.47 Å². The first-order valence-electron chi connectivity index (χ1n) is 4.75. The molecule has 0 N–H and O–H groups in total. The van der Waals surface area contributed by atoms with Gasteiger partial charge >= 0.3 is 0 Å². The first-order chi connectivity index (χ1) is 8.09. The van der Waals surface area contributed by atoms with Crippen molar-refractivity contribution in [3.63, 3.8) is 0 Å². The minimum atomic E-state index is -0.300. The lowest BCUT2D eigenvalue weighted by atomic mass is 10.3. The Bertz CT molecular complexity index is 550. The summed E-state index contributed by atoms with van der Waals surface area (Å²) in [6.07, 6.45) is 1.36. The summed E-state index contributed by atoms with van der Waals surface area (Å²) < 4.78 is 13.7. The Kier molecular flexibility index (Phi) is 3.59. The molecule has 0 fully saturated rings. The third-order valence-electron chi connectivity index (χ3n) is 2.24. The molecule has 6 heteroatoms. The number of hydrogen-bond acceptors (Lipinski definition) is 3. The minimum Gasteiger partial charge on any atom is -0.328 e. The number of benzene rings is 1. The van der Waals surface area contributed by atoms with Crippen molar-refractivity contribution < 1.29 is 4.39 Å². The predicted octanol–water partition coefficient (Wildman–Crippen LogP) is 3.80. The highest BCUT2D eigenvalue weighted by Crippen LogP contribution is 2.32. The van der Waals surface area contributed by atoms with Gasteiger partial charge in [-0.25, -0.2) is 14.4 Å². The van der Waals surface area contributed by atoms with E-state index in [-0.39, 0.29) is 5.82 Å². The van der Waals surface area contributed by atoms with E-state index in [1.165, 1.54) is 18.5 Å². The monoisotopic (exact) mass is 315 g/mol. The molecule has 0 aliphatic heterocycles. The van der Waals surface area contributed by atoms with Gasteiger partial charge in [-0.2, -0.15) is 0 Å². The summed E-state index contributed by atoms with van der Waals surface area (Å²) in [5.41, 5.74) is 0.681. The number of halogens is 3. The van der Waals surface area contributed by atoms with Crippen LogP contribution >= 0.6 is 27.5 Å². The molecule has 3 nitrogen and oxygen atoms in total. The van der Waals surface area contributed by atoms with Crippen molar-refractivity contribution in [1.82, 2.24) is 9.97 Å². The summed E-state index contributed by atoms with van der Waals surface area (Å²) in [6.45, 7) is 0. The Morgan fingerprint density at radius 1 is 1.35 bits per heavy atom. The van der Waals surface area contributed by atoms with Crippen molar-refractivity contribution in [2.24, 2.45) is 0 Å². The minimum absolute atomic E-state index is 0.300. The van der Waals surface area contributed by atoms with Crippen LogP contribution in [0, 0.1) is 5.82 Å². The molecule has 1 aromatic heterocycles. The highest BCUT2D eigenvalue weighted by molar-refractivity contribution is 9.10. The molecule has 0 atom stereocenters. The summed E-state index contributed by atoms with van der Waals surface area (Å²) in [7, 11) is 1.78. The van der Waals surface area contributed by atoms with Crippen molar-refractivity contribution in [3.8, 4) is 0 Å². The molecule has 0 bridgehead atoms. The van der Waals surface area contributed by atoms with Crippen LogP contribution in [-0.4, -0.2) is 17.0 Å². The van der Waals surface area contributed by atoms with Crippen LogP contribution in [0.2, 0.25) is 5.15 Å². The van der Waals surface area contributed by atoms with E-state index in [0.717, 1.165) is 0 Å². The lowest BCUT2D eigenvalue weighted by molar-refractivity contribution is 0.628. The second-order valence-electron chi connectivity index (χ2n) is 3.34. The van der Waals surface area contributed by atoms with Crippen molar-refractivity contribution in [3.05, 3.63) is 46.0 Å². The summed E-state index contributed by atoms with van der Waals surface area (Å²) in [5.74, 6) is 0.279. The molecular formula is C11H8BrClFN3. The Labute approximate surface area is 111 Å². The topological polar surface area (TPSA) is 29.0 Å². The fourth-order valence-corrected chi connectivity index (χ4v) is 1.98. The van der Waals surface area contributed by atoms with Gasteiger partial charge in [0.15, 0.2) is 5.82 Å². The molecule has 2 aromatic rings. The van der Waals surface area contributed by atoms with Crippen LogP contribution in [0.15, 0.2) is 35.1 Å². The smallest absolute Gasteiger partial charge is 0.152 e. The normalized spacial score (nSPS) is 10.4. The Morgan fingerprint density at radius 2 is 2.12 bits per heavy atom. The molecule has 1 heterocycles. The van der Waals surface area contributed by atoms with Gasteiger partial charge in [0.1, 0.15) is 17.3 Å². The van der Waals surface area contributed by atoms with Crippen molar-refractivity contribution in [2.45, 2.75) is 0 Å². The lowest BCUT2D eigenvalue weighted by Crippen LogP contribution is -2.12. The van der Waals surface area contributed by atoms with Gasteiger partial charge in [-0.05, 0) is 34.1 Å². The molecule has 88 valence electrons. The first-order valence-corrected chi connectivity index (χ1v) is 5.92. The second-order valence-corrected chi connectivity index (χ2v) is 4.49. The molecule has 0 unspecified atom stereocenters. The number of nitrogens with zero attached hydrogens (tertiary/aromatic N) is 3. The Hall–Kier alpha value is -1.20. The highest BCUT2D eigenvalue weighted by atomic mass is 79.9. The quantitative estimate of drug-likeness (QED) is 0.789. The fourth-order valence-electron chi connectivity index (χ4n) is 1.38. The standard InChI is InChI=1S/C11H8BrClFN3/c1-17(8-4-2-3-7(14)5-8)11-9(12)10(13)15-6-16-11/h2-6H,1H3. The van der Waals surface area contributed by atoms with Gasteiger partial charge in [-0.1, -0.05) is 17.7 Å². The highest BCUT2D eigenvalue weighted by Gasteiger charge is 2.13. The summed E-state index contributed by atoms with van der Waals surface area (Å²) in [4.78, 5) is 9.67. The summed E-state index contributed by atoms with van der Waals surface area (Å²) >= 11 is 9.18. The van der Waals surface area contributed by atoms with Crippen LogP contribution in [0.25, 0.3) is 0 Å². The van der Waals surface area contributed by atoms with Gasteiger partial charge in [-0.15, -0.1) is 0 Å². The molecule has 0 radical (unpaired) electrons. The van der Waals surface area contributed by atoms with E-state index in [1.54, 1.807) is 24.1 Å².